The van der Waals surface area contributed by atoms with Gasteiger partial charge < -0.3 is 10.6 Å². The van der Waals surface area contributed by atoms with E-state index in [1.807, 2.05) is 31.2 Å². The van der Waals surface area contributed by atoms with Crippen LogP contribution in [0.5, 0.6) is 0 Å². The van der Waals surface area contributed by atoms with Crippen molar-refractivity contribution >= 4 is 17.6 Å². The Kier molecular flexibility index (Phi) is 4.48. The van der Waals surface area contributed by atoms with Crippen LogP contribution in [0.1, 0.15) is 44.2 Å². The lowest BCUT2D eigenvalue weighted by molar-refractivity contribution is 0.234. The van der Waals surface area contributed by atoms with Crippen molar-refractivity contribution in [2.24, 2.45) is 0 Å². The second kappa shape index (κ2) is 6.10. The van der Waals surface area contributed by atoms with E-state index in [-0.39, 0.29) is 12.1 Å². The second-order valence-electron chi connectivity index (χ2n) is 4.87. The van der Waals surface area contributed by atoms with Crippen LogP contribution in [0.25, 0.3) is 0 Å². The zero-order valence-electron chi connectivity index (χ0n) is 10.6. The number of halogens is 1. The van der Waals surface area contributed by atoms with Crippen molar-refractivity contribution in [2.45, 2.75) is 44.7 Å². The predicted octanol–water partition coefficient (Wildman–Crippen LogP) is 3.64. The van der Waals surface area contributed by atoms with Crippen molar-refractivity contribution in [3.8, 4) is 0 Å². The fourth-order valence-corrected chi connectivity index (χ4v) is 2.45. The number of hydrogen-bond acceptors (Lipinski definition) is 1. The van der Waals surface area contributed by atoms with Crippen LogP contribution in [0, 0.1) is 0 Å². The summed E-state index contributed by atoms with van der Waals surface area (Å²) < 4.78 is 0. The zero-order chi connectivity index (χ0) is 13.0. The molecule has 0 aromatic heterocycles. The Bertz CT molecular complexity index is 399. The smallest absolute Gasteiger partial charge is 0.315 e. The van der Waals surface area contributed by atoms with Crippen LogP contribution in [0.3, 0.4) is 0 Å². The molecule has 0 heterocycles. The molecule has 1 aliphatic carbocycles. The standard InChI is InChI=1S/C14H19ClN2O/c1-10(11-6-8-12(15)9-7-11)16-14(18)17-13-4-2-3-5-13/h6-10,13H,2-5H2,1H3,(H2,16,17,18)/t10-/m0/s1. The molecule has 0 aliphatic heterocycles. The first-order valence-corrected chi connectivity index (χ1v) is 6.85. The zero-order valence-corrected chi connectivity index (χ0v) is 11.3. The average Bonchev–Trinajstić information content (AvgIpc) is 2.82. The molecule has 18 heavy (non-hydrogen) atoms. The highest BCUT2D eigenvalue weighted by atomic mass is 35.5. The SMILES string of the molecule is C[C@H](NC(=O)NC1CCCC1)c1ccc(Cl)cc1. The number of amides is 2. The quantitative estimate of drug-likeness (QED) is 0.862. The fourth-order valence-electron chi connectivity index (χ4n) is 2.33. The lowest BCUT2D eigenvalue weighted by Gasteiger charge is -2.17. The maximum atomic E-state index is 11.8. The fraction of sp³-hybridized carbons (Fsp3) is 0.500. The first kappa shape index (κ1) is 13.2. The highest BCUT2D eigenvalue weighted by Crippen LogP contribution is 2.18. The molecule has 0 bridgehead atoms. The van der Waals surface area contributed by atoms with Gasteiger partial charge in [-0.05, 0) is 37.5 Å². The molecule has 1 aliphatic rings. The molecule has 2 N–H and O–H groups in total. The lowest BCUT2D eigenvalue weighted by Crippen LogP contribution is -2.41. The minimum atomic E-state index is -0.0793. The van der Waals surface area contributed by atoms with E-state index in [2.05, 4.69) is 10.6 Å². The normalized spacial score (nSPS) is 17.4. The number of benzene rings is 1. The molecule has 1 saturated carbocycles. The summed E-state index contributed by atoms with van der Waals surface area (Å²) in [6, 6.07) is 7.80. The van der Waals surface area contributed by atoms with Gasteiger partial charge in [0.15, 0.2) is 0 Å². The number of carbonyl (C=O) groups is 1. The second-order valence-corrected chi connectivity index (χ2v) is 5.31. The van der Waals surface area contributed by atoms with E-state index in [0.29, 0.717) is 11.1 Å². The van der Waals surface area contributed by atoms with Crippen molar-refractivity contribution < 1.29 is 4.79 Å². The molecule has 1 fully saturated rings. The third-order valence-corrected chi connectivity index (χ3v) is 3.66. The molecule has 98 valence electrons. The lowest BCUT2D eigenvalue weighted by atomic mass is 10.1. The van der Waals surface area contributed by atoms with Crippen LogP contribution >= 0.6 is 11.6 Å². The molecule has 3 nitrogen and oxygen atoms in total. The Hall–Kier alpha value is -1.22. The van der Waals surface area contributed by atoms with E-state index < -0.39 is 0 Å². The first-order valence-electron chi connectivity index (χ1n) is 6.47. The molecule has 2 rings (SSSR count). The summed E-state index contributed by atoms with van der Waals surface area (Å²) >= 11 is 5.84. The Morgan fingerprint density at radius 1 is 1.28 bits per heavy atom. The van der Waals surface area contributed by atoms with Crippen LogP contribution in [0.4, 0.5) is 4.79 Å². The van der Waals surface area contributed by atoms with Gasteiger partial charge in [0.25, 0.3) is 0 Å². The number of rotatable bonds is 3. The Morgan fingerprint density at radius 3 is 2.50 bits per heavy atom. The van der Waals surface area contributed by atoms with Crippen molar-refractivity contribution in [3.63, 3.8) is 0 Å². The van der Waals surface area contributed by atoms with Gasteiger partial charge in [0.05, 0.1) is 6.04 Å². The van der Waals surface area contributed by atoms with Crippen LogP contribution in [0.2, 0.25) is 5.02 Å². The van der Waals surface area contributed by atoms with E-state index in [1.54, 1.807) is 0 Å². The predicted molar refractivity (Wildman–Crippen MR) is 73.8 cm³/mol. The Balaban J connectivity index is 1.84. The molecule has 2 amide bonds. The van der Waals surface area contributed by atoms with Crippen LogP contribution in [-0.4, -0.2) is 12.1 Å². The summed E-state index contributed by atoms with van der Waals surface area (Å²) in [6.07, 6.45) is 4.64. The molecule has 0 spiro atoms. The van der Waals surface area contributed by atoms with Crippen molar-refractivity contribution in [2.75, 3.05) is 0 Å². The molecule has 0 saturated heterocycles. The maximum Gasteiger partial charge on any atom is 0.315 e. The molecule has 1 aromatic rings. The highest BCUT2D eigenvalue weighted by Gasteiger charge is 2.18. The van der Waals surface area contributed by atoms with Crippen molar-refractivity contribution in [3.05, 3.63) is 34.9 Å². The first-order chi connectivity index (χ1) is 8.65. The number of hydrogen-bond donors (Lipinski definition) is 2. The summed E-state index contributed by atoms with van der Waals surface area (Å²) in [5, 5.41) is 6.67. The third kappa shape index (κ3) is 3.64. The van der Waals surface area contributed by atoms with Crippen molar-refractivity contribution in [1.29, 1.82) is 0 Å². The van der Waals surface area contributed by atoms with E-state index in [1.165, 1.54) is 12.8 Å². The molecular weight excluding hydrogens is 248 g/mol. The van der Waals surface area contributed by atoms with Gasteiger partial charge in [-0.25, -0.2) is 4.79 Å². The van der Waals surface area contributed by atoms with E-state index in [9.17, 15) is 4.79 Å². The van der Waals surface area contributed by atoms with Gasteiger partial charge in [-0.2, -0.15) is 0 Å². The average molecular weight is 267 g/mol. The molecule has 4 heteroatoms. The molecule has 1 aromatic carbocycles. The van der Waals surface area contributed by atoms with Crippen LogP contribution < -0.4 is 10.6 Å². The highest BCUT2D eigenvalue weighted by molar-refractivity contribution is 6.30. The summed E-state index contributed by atoms with van der Waals surface area (Å²) in [7, 11) is 0. The minimum Gasteiger partial charge on any atom is -0.335 e. The molecular formula is C14H19ClN2O. The van der Waals surface area contributed by atoms with Gasteiger partial charge in [0.1, 0.15) is 0 Å². The van der Waals surface area contributed by atoms with Crippen molar-refractivity contribution in [1.82, 2.24) is 10.6 Å². The molecule has 0 radical (unpaired) electrons. The Labute approximate surface area is 113 Å². The van der Waals surface area contributed by atoms with E-state index in [0.717, 1.165) is 18.4 Å². The number of urea groups is 1. The largest absolute Gasteiger partial charge is 0.335 e. The number of carbonyl (C=O) groups excluding carboxylic acids is 1. The van der Waals surface area contributed by atoms with Gasteiger partial charge in [-0.1, -0.05) is 36.6 Å². The van der Waals surface area contributed by atoms with Gasteiger partial charge in [0, 0.05) is 11.1 Å². The summed E-state index contributed by atoms with van der Waals surface area (Å²) in [4.78, 5) is 11.8. The van der Waals surface area contributed by atoms with Gasteiger partial charge >= 0.3 is 6.03 Å². The number of nitrogens with one attached hydrogen (secondary N) is 2. The minimum absolute atomic E-state index is 0.0105. The third-order valence-electron chi connectivity index (χ3n) is 3.41. The maximum absolute atomic E-state index is 11.8. The Morgan fingerprint density at radius 2 is 1.89 bits per heavy atom. The van der Waals surface area contributed by atoms with Gasteiger partial charge in [-0.3, -0.25) is 0 Å². The monoisotopic (exact) mass is 266 g/mol. The summed E-state index contributed by atoms with van der Waals surface area (Å²) in [5.41, 5.74) is 1.06. The topological polar surface area (TPSA) is 41.1 Å². The van der Waals surface area contributed by atoms with Gasteiger partial charge in [-0.15, -0.1) is 0 Å². The van der Waals surface area contributed by atoms with Crippen LogP contribution in [0.15, 0.2) is 24.3 Å². The van der Waals surface area contributed by atoms with E-state index >= 15 is 0 Å². The summed E-state index contributed by atoms with van der Waals surface area (Å²) in [5.74, 6) is 0. The molecule has 1 atom stereocenters. The van der Waals surface area contributed by atoms with Gasteiger partial charge in [0.2, 0.25) is 0 Å². The summed E-state index contributed by atoms with van der Waals surface area (Å²) in [6.45, 7) is 1.97. The van der Waals surface area contributed by atoms with E-state index in [4.69, 9.17) is 11.6 Å². The van der Waals surface area contributed by atoms with Crippen LogP contribution in [-0.2, 0) is 0 Å². The molecule has 0 unspecified atom stereocenters.